The average molecular weight is 333 g/mol. The Morgan fingerprint density at radius 3 is 2.88 bits per heavy atom. The molecule has 126 valence electrons. The maximum absolute atomic E-state index is 13.1. The third kappa shape index (κ3) is 2.51. The van der Waals surface area contributed by atoms with Gasteiger partial charge in [0.15, 0.2) is 5.65 Å². The first-order valence-electron chi connectivity index (χ1n) is 7.94. The van der Waals surface area contributed by atoms with Gasteiger partial charge in [-0.1, -0.05) is 6.92 Å². The maximum atomic E-state index is 13.1. The summed E-state index contributed by atoms with van der Waals surface area (Å²) in [6.07, 6.45) is 0.876. The zero-order valence-corrected chi connectivity index (χ0v) is 13.1. The molecule has 0 spiro atoms. The number of nitrogens with zero attached hydrogens (tertiary/aromatic N) is 5. The van der Waals surface area contributed by atoms with Gasteiger partial charge >= 0.3 is 0 Å². The number of rotatable bonds is 3. The number of halogens is 2. The van der Waals surface area contributed by atoms with E-state index in [4.69, 9.17) is 4.42 Å². The van der Waals surface area contributed by atoms with E-state index in [1.807, 2.05) is 12.1 Å². The van der Waals surface area contributed by atoms with E-state index in [1.54, 1.807) is 18.4 Å². The molecule has 0 aliphatic carbocycles. The van der Waals surface area contributed by atoms with Crippen molar-refractivity contribution in [1.82, 2.24) is 19.8 Å². The molecule has 1 aliphatic heterocycles. The Morgan fingerprint density at radius 1 is 1.25 bits per heavy atom. The zero-order chi connectivity index (χ0) is 16.7. The molecule has 2 unspecified atom stereocenters. The Hall–Kier alpha value is -2.51. The standard InChI is InChI=1S/C16H17F2N5O/c1-10-6-7-22(11(9-10)12-3-2-8-24-12)14-5-4-13-19-20-16(15(17)18)23(13)21-14/h2-5,8,10-11,15H,6-7,9H2,1H3. The van der Waals surface area contributed by atoms with Crippen LogP contribution in [0.1, 0.15) is 43.8 Å². The molecular weight excluding hydrogens is 316 g/mol. The van der Waals surface area contributed by atoms with Crippen molar-refractivity contribution >= 4 is 11.5 Å². The Kier molecular flexibility index (Phi) is 3.66. The van der Waals surface area contributed by atoms with Crippen LogP contribution in [0.4, 0.5) is 14.6 Å². The average Bonchev–Trinajstić information content (AvgIpc) is 3.23. The highest BCUT2D eigenvalue weighted by Crippen LogP contribution is 2.37. The van der Waals surface area contributed by atoms with Crippen LogP contribution in [0, 0.1) is 5.92 Å². The molecule has 8 heteroatoms. The Labute approximate surface area is 137 Å². The SMILES string of the molecule is CC1CCN(c2ccc3nnc(C(F)F)n3n2)C(c2ccco2)C1. The molecule has 4 rings (SSSR count). The third-order valence-electron chi connectivity index (χ3n) is 4.50. The fraction of sp³-hybridized carbons (Fsp3) is 0.438. The van der Waals surface area contributed by atoms with E-state index in [9.17, 15) is 8.78 Å². The molecule has 1 fully saturated rings. The Balaban J connectivity index is 1.75. The first kappa shape index (κ1) is 15.0. The largest absolute Gasteiger partial charge is 0.467 e. The number of hydrogen-bond donors (Lipinski definition) is 0. The van der Waals surface area contributed by atoms with Crippen molar-refractivity contribution < 1.29 is 13.2 Å². The van der Waals surface area contributed by atoms with E-state index in [0.29, 0.717) is 17.4 Å². The van der Waals surface area contributed by atoms with Crippen LogP contribution in [0.5, 0.6) is 0 Å². The van der Waals surface area contributed by atoms with Gasteiger partial charge in [-0.05, 0) is 43.0 Å². The molecule has 3 aromatic heterocycles. The van der Waals surface area contributed by atoms with Gasteiger partial charge in [0, 0.05) is 6.54 Å². The van der Waals surface area contributed by atoms with Crippen LogP contribution in [-0.4, -0.2) is 26.4 Å². The van der Waals surface area contributed by atoms with Crippen molar-refractivity contribution in [3.63, 3.8) is 0 Å². The molecule has 2 atom stereocenters. The minimum absolute atomic E-state index is 0.0418. The van der Waals surface area contributed by atoms with Gasteiger partial charge in [-0.15, -0.1) is 15.3 Å². The van der Waals surface area contributed by atoms with E-state index < -0.39 is 12.2 Å². The van der Waals surface area contributed by atoms with E-state index in [-0.39, 0.29) is 6.04 Å². The number of aromatic nitrogens is 4. The third-order valence-corrected chi connectivity index (χ3v) is 4.50. The van der Waals surface area contributed by atoms with E-state index in [2.05, 4.69) is 27.1 Å². The number of fused-ring (bicyclic) bond motifs is 1. The van der Waals surface area contributed by atoms with Gasteiger partial charge < -0.3 is 9.32 Å². The molecule has 6 nitrogen and oxygen atoms in total. The van der Waals surface area contributed by atoms with Gasteiger partial charge in [0.25, 0.3) is 6.43 Å². The summed E-state index contributed by atoms with van der Waals surface area (Å²) in [6.45, 7) is 3.00. The molecule has 0 N–H and O–H groups in total. The topological polar surface area (TPSA) is 59.5 Å². The zero-order valence-electron chi connectivity index (χ0n) is 13.1. The van der Waals surface area contributed by atoms with Crippen molar-refractivity contribution in [3.8, 4) is 0 Å². The van der Waals surface area contributed by atoms with Crippen molar-refractivity contribution in [2.45, 2.75) is 32.2 Å². The normalized spacial score (nSPS) is 21.8. The van der Waals surface area contributed by atoms with Crippen molar-refractivity contribution in [3.05, 3.63) is 42.1 Å². The Bertz CT molecular complexity index is 832. The molecule has 24 heavy (non-hydrogen) atoms. The van der Waals surface area contributed by atoms with Crippen molar-refractivity contribution in [2.24, 2.45) is 5.92 Å². The van der Waals surface area contributed by atoms with Crippen LogP contribution in [0.15, 0.2) is 34.9 Å². The maximum Gasteiger partial charge on any atom is 0.299 e. The summed E-state index contributed by atoms with van der Waals surface area (Å²) in [5.74, 6) is 1.61. The highest BCUT2D eigenvalue weighted by molar-refractivity contribution is 5.47. The van der Waals surface area contributed by atoms with Gasteiger partial charge in [-0.25, -0.2) is 8.78 Å². The summed E-state index contributed by atoms with van der Waals surface area (Å²) >= 11 is 0. The second-order valence-electron chi connectivity index (χ2n) is 6.17. The number of piperidine rings is 1. The molecular formula is C16H17F2N5O. The highest BCUT2D eigenvalue weighted by Gasteiger charge is 2.31. The Morgan fingerprint density at radius 2 is 2.12 bits per heavy atom. The van der Waals surface area contributed by atoms with Crippen LogP contribution in [0.2, 0.25) is 0 Å². The van der Waals surface area contributed by atoms with Gasteiger partial charge in [-0.2, -0.15) is 4.52 Å². The summed E-state index contributed by atoms with van der Waals surface area (Å²) in [7, 11) is 0. The van der Waals surface area contributed by atoms with E-state index in [0.717, 1.165) is 29.7 Å². The first-order valence-corrected chi connectivity index (χ1v) is 7.94. The molecule has 1 aliphatic rings. The second-order valence-corrected chi connectivity index (χ2v) is 6.17. The van der Waals surface area contributed by atoms with Gasteiger partial charge in [0.1, 0.15) is 11.6 Å². The van der Waals surface area contributed by atoms with Crippen LogP contribution in [0.3, 0.4) is 0 Å². The molecule has 1 saturated heterocycles. The summed E-state index contributed by atoms with van der Waals surface area (Å²) in [4.78, 5) is 2.10. The highest BCUT2D eigenvalue weighted by atomic mass is 19.3. The second kappa shape index (κ2) is 5.85. The smallest absolute Gasteiger partial charge is 0.299 e. The van der Waals surface area contributed by atoms with Gasteiger partial charge in [0.2, 0.25) is 5.82 Å². The molecule has 0 amide bonds. The molecule has 3 aromatic rings. The van der Waals surface area contributed by atoms with Crippen LogP contribution < -0.4 is 4.90 Å². The number of anilines is 1. The first-order chi connectivity index (χ1) is 11.6. The van der Waals surface area contributed by atoms with Gasteiger partial charge in [0.05, 0.1) is 12.3 Å². The van der Waals surface area contributed by atoms with E-state index >= 15 is 0 Å². The molecule has 4 heterocycles. The van der Waals surface area contributed by atoms with Crippen LogP contribution in [0.25, 0.3) is 5.65 Å². The number of furan rings is 1. The monoisotopic (exact) mass is 333 g/mol. The molecule has 0 radical (unpaired) electrons. The summed E-state index contributed by atoms with van der Waals surface area (Å²) in [5, 5.41) is 11.6. The number of hydrogen-bond acceptors (Lipinski definition) is 5. The predicted molar refractivity (Wildman–Crippen MR) is 82.9 cm³/mol. The molecule has 0 bridgehead atoms. The van der Waals surface area contributed by atoms with Crippen molar-refractivity contribution in [1.29, 1.82) is 0 Å². The quantitative estimate of drug-likeness (QED) is 0.732. The lowest BCUT2D eigenvalue weighted by atomic mass is 9.91. The summed E-state index contributed by atoms with van der Waals surface area (Å²) < 4.78 is 32.8. The number of alkyl halides is 2. The van der Waals surface area contributed by atoms with E-state index in [1.165, 1.54) is 0 Å². The molecule has 0 aromatic carbocycles. The van der Waals surface area contributed by atoms with Gasteiger partial charge in [-0.3, -0.25) is 0 Å². The minimum Gasteiger partial charge on any atom is -0.467 e. The minimum atomic E-state index is -2.72. The summed E-state index contributed by atoms with van der Waals surface area (Å²) in [5.41, 5.74) is 0.314. The lowest BCUT2D eigenvalue weighted by molar-refractivity contribution is 0.137. The fourth-order valence-corrected chi connectivity index (χ4v) is 3.25. The van der Waals surface area contributed by atoms with Crippen molar-refractivity contribution in [2.75, 3.05) is 11.4 Å². The fourth-order valence-electron chi connectivity index (χ4n) is 3.25. The van der Waals surface area contributed by atoms with Crippen LogP contribution >= 0.6 is 0 Å². The predicted octanol–water partition coefficient (Wildman–Crippen LogP) is 3.63. The molecule has 0 saturated carbocycles. The lowest BCUT2D eigenvalue weighted by Gasteiger charge is -2.38. The van der Waals surface area contributed by atoms with Crippen LogP contribution in [-0.2, 0) is 0 Å². The summed E-state index contributed by atoms with van der Waals surface area (Å²) in [6, 6.07) is 7.31. The lowest BCUT2D eigenvalue weighted by Crippen LogP contribution is -2.37.